The van der Waals surface area contributed by atoms with Crippen molar-refractivity contribution in [3.63, 3.8) is 0 Å². The van der Waals surface area contributed by atoms with E-state index in [2.05, 4.69) is 51.5 Å². The van der Waals surface area contributed by atoms with E-state index in [4.69, 9.17) is 0 Å². The number of hydrogen-bond acceptors (Lipinski definition) is 6. The molecule has 1 heterocycles. The smallest absolute Gasteiger partial charge is 0.230 e. The Morgan fingerprint density at radius 3 is 2.57 bits per heavy atom. The van der Waals surface area contributed by atoms with E-state index in [1.54, 1.807) is 11.8 Å². The summed E-state index contributed by atoms with van der Waals surface area (Å²) in [6, 6.07) is 8.38. The van der Waals surface area contributed by atoms with E-state index in [9.17, 15) is 0 Å². The Morgan fingerprint density at radius 2 is 1.90 bits per heavy atom. The van der Waals surface area contributed by atoms with Gasteiger partial charge in [0.2, 0.25) is 11.9 Å². The van der Waals surface area contributed by atoms with Gasteiger partial charge in [0.25, 0.3) is 0 Å². The molecule has 0 aliphatic rings. The van der Waals surface area contributed by atoms with Gasteiger partial charge in [0.15, 0.2) is 5.16 Å². The van der Waals surface area contributed by atoms with Gasteiger partial charge >= 0.3 is 0 Å². The second kappa shape index (κ2) is 7.26. The molecule has 0 radical (unpaired) electrons. The molecule has 0 fully saturated rings. The van der Waals surface area contributed by atoms with Crippen molar-refractivity contribution in [3.05, 3.63) is 35.4 Å². The number of aryl methyl sites for hydroxylation is 1. The number of hydrogen-bond donors (Lipinski definition) is 1. The zero-order valence-electron chi connectivity index (χ0n) is 12.9. The van der Waals surface area contributed by atoms with Crippen molar-refractivity contribution >= 4 is 23.7 Å². The summed E-state index contributed by atoms with van der Waals surface area (Å²) in [6.45, 7) is 4.94. The summed E-state index contributed by atoms with van der Waals surface area (Å²) in [5.74, 6) is 2.16. The largest absolute Gasteiger partial charge is 0.354 e. The second-order valence-electron chi connectivity index (χ2n) is 4.88. The average molecular weight is 303 g/mol. The number of benzene rings is 1. The minimum Gasteiger partial charge on any atom is -0.354 e. The molecule has 2 rings (SSSR count). The zero-order valence-corrected chi connectivity index (χ0v) is 13.7. The minimum absolute atomic E-state index is 0.628. The molecule has 1 N–H and O–H groups in total. The SMILES string of the molecule is CCNc1nc(SCc2ccccc2C)nc(N(C)C)n1. The lowest BCUT2D eigenvalue weighted by Crippen LogP contribution is -2.15. The molecule has 6 heteroatoms. The highest BCUT2D eigenvalue weighted by molar-refractivity contribution is 7.98. The molecular formula is C15H21N5S. The molecule has 0 amide bonds. The molecule has 21 heavy (non-hydrogen) atoms. The van der Waals surface area contributed by atoms with Crippen LogP contribution >= 0.6 is 11.8 Å². The molecule has 2 aromatic rings. The third-order valence-corrected chi connectivity index (χ3v) is 3.85. The van der Waals surface area contributed by atoms with Crippen molar-refractivity contribution in [2.24, 2.45) is 0 Å². The molecule has 0 aliphatic heterocycles. The maximum absolute atomic E-state index is 4.49. The van der Waals surface area contributed by atoms with E-state index in [0.717, 1.165) is 17.5 Å². The molecule has 0 spiro atoms. The summed E-state index contributed by atoms with van der Waals surface area (Å²) in [4.78, 5) is 15.2. The van der Waals surface area contributed by atoms with Crippen LogP contribution < -0.4 is 10.2 Å². The maximum Gasteiger partial charge on any atom is 0.230 e. The van der Waals surface area contributed by atoms with Gasteiger partial charge in [-0.15, -0.1) is 0 Å². The van der Waals surface area contributed by atoms with Crippen LogP contribution in [0.5, 0.6) is 0 Å². The lowest BCUT2D eigenvalue weighted by molar-refractivity contribution is 0.863. The highest BCUT2D eigenvalue weighted by Gasteiger charge is 2.09. The van der Waals surface area contributed by atoms with E-state index in [-0.39, 0.29) is 0 Å². The standard InChI is InChI=1S/C15H21N5S/c1-5-16-13-17-14(20(3)4)19-15(18-13)21-10-12-9-7-6-8-11(12)2/h6-9H,5,10H2,1-4H3,(H,16,17,18,19). The zero-order chi connectivity index (χ0) is 15.2. The molecule has 0 atom stereocenters. The Balaban J connectivity index is 2.17. The Bertz CT molecular complexity index is 600. The van der Waals surface area contributed by atoms with Gasteiger partial charge in [0.05, 0.1) is 0 Å². The van der Waals surface area contributed by atoms with Crippen LogP contribution in [0.15, 0.2) is 29.4 Å². The quantitative estimate of drug-likeness (QED) is 0.828. The Labute approximate surface area is 130 Å². The van der Waals surface area contributed by atoms with E-state index in [1.807, 2.05) is 25.9 Å². The number of rotatable bonds is 6. The number of thioether (sulfide) groups is 1. The van der Waals surface area contributed by atoms with Gasteiger partial charge in [-0.05, 0) is 25.0 Å². The molecule has 1 aromatic carbocycles. The van der Waals surface area contributed by atoms with E-state index in [0.29, 0.717) is 11.9 Å². The van der Waals surface area contributed by atoms with Crippen molar-refractivity contribution in [1.29, 1.82) is 0 Å². The topological polar surface area (TPSA) is 53.9 Å². The van der Waals surface area contributed by atoms with Gasteiger partial charge in [-0.3, -0.25) is 0 Å². The van der Waals surface area contributed by atoms with E-state index >= 15 is 0 Å². The van der Waals surface area contributed by atoms with Crippen LogP contribution in [-0.2, 0) is 5.75 Å². The third kappa shape index (κ3) is 4.32. The first-order valence-electron chi connectivity index (χ1n) is 6.94. The number of aromatic nitrogens is 3. The summed E-state index contributed by atoms with van der Waals surface area (Å²) in [7, 11) is 3.86. The highest BCUT2D eigenvalue weighted by atomic mass is 32.2. The van der Waals surface area contributed by atoms with Crippen LogP contribution in [0, 0.1) is 6.92 Å². The fraction of sp³-hybridized carbons (Fsp3) is 0.400. The summed E-state index contributed by atoms with van der Waals surface area (Å²) in [6.07, 6.45) is 0. The van der Waals surface area contributed by atoms with Gasteiger partial charge in [-0.25, -0.2) is 0 Å². The molecule has 0 bridgehead atoms. The lowest BCUT2D eigenvalue weighted by atomic mass is 10.1. The predicted octanol–water partition coefficient (Wildman–Crippen LogP) is 2.97. The second-order valence-corrected chi connectivity index (χ2v) is 5.82. The fourth-order valence-corrected chi connectivity index (χ4v) is 2.67. The van der Waals surface area contributed by atoms with E-state index in [1.165, 1.54) is 11.1 Å². The molecule has 112 valence electrons. The van der Waals surface area contributed by atoms with Gasteiger partial charge in [-0.2, -0.15) is 15.0 Å². The predicted molar refractivity (Wildman–Crippen MR) is 89.1 cm³/mol. The summed E-state index contributed by atoms with van der Waals surface area (Å²) >= 11 is 1.63. The van der Waals surface area contributed by atoms with Gasteiger partial charge in [-0.1, -0.05) is 36.0 Å². The van der Waals surface area contributed by atoms with Crippen LogP contribution in [0.25, 0.3) is 0 Å². The van der Waals surface area contributed by atoms with Crippen molar-refractivity contribution in [3.8, 4) is 0 Å². The van der Waals surface area contributed by atoms with Crippen LogP contribution in [0.2, 0.25) is 0 Å². The van der Waals surface area contributed by atoms with Crippen LogP contribution in [0.3, 0.4) is 0 Å². The third-order valence-electron chi connectivity index (χ3n) is 2.96. The molecule has 5 nitrogen and oxygen atoms in total. The summed E-state index contributed by atoms with van der Waals surface area (Å²) in [5, 5.41) is 3.89. The van der Waals surface area contributed by atoms with Crippen LogP contribution in [0.1, 0.15) is 18.1 Å². The van der Waals surface area contributed by atoms with Gasteiger partial charge in [0.1, 0.15) is 0 Å². The Kier molecular flexibility index (Phi) is 5.38. The fourth-order valence-electron chi connectivity index (χ4n) is 1.76. The first-order valence-corrected chi connectivity index (χ1v) is 7.93. The lowest BCUT2D eigenvalue weighted by Gasteiger charge is -2.13. The first kappa shape index (κ1) is 15.6. The van der Waals surface area contributed by atoms with Crippen molar-refractivity contribution in [2.45, 2.75) is 24.8 Å². The minimum atomic E-state index is 0.628. The molecule has 1 aromatic heterocycles. The highest BCUT2D eigenvalue weighted by Crippen LogP contribution is 2.23. The van der Waals surface area contributed by atoms with Gasteiger partial charge < -0.3 is 10.2 Å². The van der Waals surface area contributed by atoms with Crippen molar-refractivity contribution < 1.29 is 0 Å². The number of anilines is 2. The summed E-state index contributed by atoms with van der Waals surface area (Å²) in [5.41, 5.74) is 2.60. The summed E-state index contributed by atoms with van der Waals surface area (Å²) < 4.78 is 0. The van der Waals surface area contributed by atoms with Crippen LogP contribution in [-0.4, -0.2) is 35.6 Å². The van der Waals surface area contributed by atoms with Crippen LogP contribution in [0.4, 0.5) is 11.9 Å². The number of nitrogens with one attached hydrogen (secondary N) is 1. The van der Waals surface area contributed by atoms with E-state index < -0.39 is 0 Å². The monoisotopic (exact) mass is 303 g/mol. The molecular weight excluding hydrogens is 282 g/mol. The normalized spacial score (nSPS) is 10.5. The Morgan fingerprint density at radius 1 is 1.14 bits per heavy atom. The molecule has 0 saturated carbocycles. The molecule has 0 aliphatic carbocycles. The maximum atomic E-state index is 4.49. The molecule has 0 saturated heterocycles. The van der Waals surface area contributed by atoms with Crippen molar-refractivity contribution in [2.75, 3.05) is 30.9 Å². The van der Waals surface area contributed by atoms with Gasteiger partial charge in [0, 0.05) is 26.4 Å². The Hall–Kier alpha value is -1.82. The van der Waals surface area contributed by atoms with Crippen molar-refractivity contribution in [1.82, 2.24) is 15.0 Å². The first-order chi connectivity index (χ1) is 10.1. The number of nitrogens with zero attached hydrogens (tertiary/aromatic N) is 4. The average Bonchev–Trinajstić information content (AvgIpc) is 2.46. The molecule has 0 unspecified atom stereocenters.